The zero-order chi connectivity index (χ0) is 16.9. The highest BCUT2D eigenvalue weighted by atomic mass is 16.2. The molecule has 6 heteroatoms. The summed E-state index contributed by atoms with van der Waals surface area (Å²) in [7, 11) is 0. The molecule has 0 unspecified atom stereocenters. The predicted octanol–water partition coefficient (Wildman–Crippen LogP) is 0.0710. The zero-order valence-corrected chi connectivity index (χ0v) is 14.3. The molecule has 2 aliphatic heterocycles. The summed E-state index contributed by atoms with van der Waals surface area (Å²) < 4.78 is 0. The number of carbonyl (C=O) groups is 2. The molecule has 0 radical (unpaired) electrons. The van der Waals surface area contributed by atoms with E-state index in [9.17, 15) is 9.59 Å². The minimum absolute atomic E-state index is 0.0578. The molecular weight excluding hydrogens is 304 g/mol. The van der Waals surface area contributed by atoms with E-state index in [1.54, 1.807) is 4.90 Å². The molecule has 0 bridgehead atoms. The molecule has 2 fully saturated rings. The molecule has 1 N–H and O–H groups in total. The SMILES string of the molecule is Cc1cccc(CN2CCN(CC(=O)N3CCNC(=O)C3)CC2)c1. The van der Waals surface area contributed by atoms with Gasteiger partial charge in [0.2, 0.25) is 11.8 Å². The van der Waals surface area contributed by atoms with Gasteiger partial charge in [-0.3, -0.25) is 19.4 Å². The first-order chi connectivity index (χ1) is 11.6. The largest absolute Gasteiger partial charge is 0.353 e. The first kappa shape index (κ1) is 16.9. The van der Waals surface area contributed by atoms with Gasteiger partial charge in [0.25, 0.3) is 0 Å². The van der Waals surface area contributed by atoms with E-state index in [0.717, 1.165) is 32.7 Å². The van der Waals surface area contributed by atoms with Gasteiger partial charge in [-0.05, 0) is 12.5 Å². The number of carbonyl (C=O) groups excluding carboxylic acids is 2. The van der Waals surface area contributed by atoms with Crippen molar-refractivity contribution in [2.24, 2.45) is 0 Å². The van der Waals surface area contributed by atoms with Crippen molar-refractivity contribution in [1.29, 1.82) is 0 Å². The molecule has 130 valence electrons. The van der Waals surface area contributed by atoms with Crippen molar-refractivity contribution in [2.45, 2.75) is 13.5 Å². The molecule has 0 aromatic heterocycles. The third-order valence-corrected chi connectivity index (χ3v) is 4.70. The number of piperazine rings is 2. The van der Waals surface area contributed by atoms with E-state index in [-0.39, 0.29) is 18.4 Å². The minimum atomic E-state index is -0.0578. The van der Waals surface area contributed by atoms with Gasteiger partial charge in [0.15, 0.2) is 0 Å². The third kappa shape index (κ3) is 4.55. The smallest absolute Gasteiger partial charge is 0.239 e. The second-order valence-corrected chi connectivity index (χ2v) is 6.71. The fourth-order valence-corrected chi connectivity index (χ4v) is 3.32. The number of benzene rings is 1. The molecule has 0 atom stereocenters. The molecule has 24 heavy (non-hydrogen) atoms. The maximum Gasteiger partial charge on any atom is 0.239 e. The van der Waals surface area contributed by atoms with Gasteiger partial charge in [-0.2, -0.15) is 0 Å². The summed E-state index contributed by atoms with van der Waals surface area (Å²) in [6.45, 7) is 8.65. The summed E-state index contributed by atoms with van der Waals surface area (Å²) in [5, 5.41) is 2.75. The number of aryl methyl sites for hydroxylation is 1. The first-order valence-corrected chi connectivity index (χ1v) is 8.65. The van der Waals surface area contributed by atoms with Gasteiger partial charge in [0.1, 0.15) is 0 Å². The van der Waals surface area contributed by atoms with Crippen LogP contribution >= 0.6 is 0 Å². The van der Waals surface area contributed by atoms with Gasteiger partial charge in [0.05, 0.1) is 13.1 Å². The van der Waals surface area contributed by atoms with Crippen LogP contribution in [-0.4, -0.2) is 78.9 Å². The Kier molecular flexibility index (Phi) is 5.48. The molecule has 2 aliphatic rings. The summed E-state index contributed by atoms with van der Waals surface area (Å²) in [5.74, 6) is 0.00885. The lowest BCUT2D eigenvalue weighted by molar-refractivity contribution is -0.139. The number of rotatable bonds is 4. The fraction of sp³-hybridized carbons (Fsp3) is 0.556. The lowest BCUT2D eigenvalue weighted by atomic mass is 10.1. The van der Waals surface area contributed by atoms with Crippen LogP contribution in [0.4, 0.5) is 0 Å². The van der Waals surface area contributed by atoms with E-state index < -0.39 is 0 Å². The fourth-order valence-electron chi connectivity index (χ4n) is 3.32. The molecule has 0 aliphatic carbocycles. The van der Waals surface area contributed by atoms with Gasteiger partial charge in [0, 0.05) is 45.8 Å². The maximum absolute atomic E-state index is 12.3. The van der Waals surface area contributed by atoms with Crippen molar-refractivity contribution in [3.8, 4) is 0 Å². The molecule has 2 amide bonds. The second-order valence-electron chi connectivity index (χ2n) is 6.71. The van der Waals surface area contributed by atoms with E-state index in [0.29, 0.717) is 19.6 Å². The highest BCUT2D eigenvalue weighted by Crippen LogP contribution is 2.10. The maximum atomic E-state index is 12.3. The van der Waals surface area contributed by atoms with Crippen LogP contribution in [0.3, 0.4) is 0 Å². The van der Waals surface area contributed by atoms with E-state index in [1.165, 1.54) is 11.1 Å². The van der Waals surface area contributed by atoms with E-state index in [2.05, 4.69) is 46.3 Å². The van der Waals surface area contributed by atoms with Gasteiger partial charge >= 0.3 is 0 Å². The summed E-state index contributed by atoms with van der Waals surface area (Å²) in [6.07, 6.45) is 0. The van der Waals surface area contributed by atoms with Crippen LogP contribution in [0.5, 0.6) is 0 Å². The Labute approximate surface area is 143 Å². The van der Waals surface area contributed by atoms with Crippen LogP contribution in [0, 0.1) is 6.92 Å². The van der Waals surface area contributed by atoms with Crippen molar-refractivity contribution < 1.29 is 9.59 Å². The molecule has 1 aromatic carbocycles. The summed E-state index contributed by atoms with van der Waals surface area (Å²) in [4.78, 5) is 30.0. The topological polar surface area (TPSA) is 55.9 Å². The summed E-state index contributed by atoms with van der Waals surface area (Å²) >= 11 is 0. The van der Waals surface area contributed by atoms with Crippen molar-refractivity contribution in [1.82, 2.24) is 20.0 Å². The van der Waals surface area contributed by atoms with Crippen molar-refractivity contribution in [3.63, 3.8) is 0 Å². The predicted molar refractivity (Wildman–Crippen MR) is 92.5 cm³/mol. The lowest BCUT2D eigenvalue weighted by Crippen LogP contribution is -2.54. The highest BCUT2D eigenvalue weighted by molar-refractivity contribution is 5.86. The first-order valence-electron chi connectivity index (χ1n) is 8.65. The molecule has 1 aromatic rings. The van der Waals surface area contributed by atoms with Gasteiger partial charge < -0.3 is 10.2 Å². The van der Waals surface area contributed by atoms with Crippen LogP contribution in [-0.2, 0) is 16.1 Å². The molecule has 2 heterocycles. The number of amides is 2. The van der Waals surface area contributed by atoms with Crippen LogP contribution in [0.2, 0.25) is 0 Å². The monoisotopic (exact) mass is 330 g/mol. The number of hydrogen-bond donors (Lipinski definition) is 1. The molecular formula is C18H26N4O2. The number of hydrogen-bond acceptors (Lipinski definition) is 4. The average molecular weight is 330 g/mol. The lowest BCUT2D eigenvalue weighted by Gasteiger charge is -2.36. The Morgan fingerprint density at radius 2 is 1.88 bits per heavy atom. The second kappa shape index (κ2) is 7.77. The van der Waals surface area contributed by atoms with Gasteiger partial charge in [-0.1, -0.05) is 29.8 Å². The molecule has 6 nitrogen and oxygen atoms in total. The Hall–Kier alpha value is -1.92. The van der Waals surface area contributed by atoms with Crippen molar-refractivity contribution in [2.75, 3.05) is 52.4 Å². The Bertz CT molecular complexity index is 596. The van der Waals surface area contributed by atoms with E-state index in [4.69, 9.17) is 0 Å². The van der Waals surface area contributed by atoms with Crippen LogP contribution < -0.4 is 5.32 Å². The summed E-state index contributed by atoms with van der Waals surface area (Å²) in [6, 6.07) is 8.63. The quantitative estimate of drug-likeness (QED) is 0.849. The minimum Gasteiger partial charge on any atom is -0.353 e. The van der Waals surface area contributed by atoms with E-state index in [1.807, 2.05) is 0 Å². The molecule has 0 saturated carbocycles. The molecule has 2 saturated heterocycles. The Morgan fingerprint density at radius 3 is 2.58 bits per heavy atom. The number of nitrogens with zero attached hydrogens (tertiary/aromatic N) is 3. The van der Waals surface area contributed by atoms with Gasteiger partial charge in [-0.25, -0.2) is 0 Å². The van der Waals surface area contributed by atoms with Gasteiger partial charge in [-0.15, -0.1) is 0 Å². The van der Waals surface area contributed by atoms with Crippen molar-refractivity contribution in [3.05, 3.63) is 35.4 Å². The molecule has 0 spiro atoms. The Balaban J connectivity index is 1.43. The van der Waals surface area contributed by atoms with Crippen LogP contribution in [0.15, 0.2) is 24.3 Å². The highest BCUT2D eigenvalue weighted by Gasteiger charge is 2.24. The average Bonchev–Trinajstić information content (AvgIpc) is 2.57. The zero-order valence-electron chi connectivity index (χ0n) is 14.3. The third-order valence-electron chi connectivity index (χ3n) is 4.70. The normalized spacial score (nSPS) is 20.0. The summed E-state index contributed by atoms with van der Waals surface area (Å²) in [5.41, 5.74) is 2.64. The molecule has 3 rings (SSSR count). The van der Waals surface area contributed by atoms with Crippen LogP contribution in [0.1, 0.15) is 11.1 Å². The Morgan fingerprint density at radius 1 is 1.12 bits per heavy atom. The standard InChI is InChI=1S/C18H26N4O2/c1-15-3-2-4-16(11-15)12-20-7-9-21(10-8-20)14-18(24)22-6-5-19-17(23)13-22/h2-4,11H,5-10,12-14H2,1H3,(H,19,23). The van der Waals surface area contributed by atoms with Crippen molar-refractivity contribution >= 4 is 11.8 Å². The van der Waals surface area contributed by atoms with E-state index >= 15 is 0 Å². The van der Waals surface area contributed by atoms with Crippen LogP contribution in [0.25, 0.3) is 0 Å². The number of nitrogens with one attached hydrogen (secondary N) is 1.